The molecular weight excluding hydrogens is 356 g/mol. The Morgan fingerprint density at radius 3 is 2.29 bits per heavy atom. The molecule has 0 unspecified atom stereocenters. The third kappa shape index (κ3) is 3.77. The second-order valence-electron chi connectivity index (χ2n) is 6.93. The third-order valence-corrected chi connectivity index (χ3v) is 4.81. The molecule has 146 valence electrons. The highest BCUT2D eigenvalue weighted by Gasteiger charge is 2.45. The van der Waals surface area contributed by atoms with Gasteiger partial charge in [-0.25, -0.2) is 0 Å². The lowest BCUT2D eigenvalue weighted by Crippen LogP contribution is -2.35. The van der Waals surface area contributed by atoms with E-state index in [0.29, 0.717) is 24.4 Å². The van der Waals surface area contributed by atoms with E-state index >= 15 is 0 Å². The van der Waals surface area contributed by atoms with Crippen molar-refractivity contribution in [2.24, 2.45) is 0 Å². The minimum absolute atomic E-state index is 0.111. The van der Waals surface area contributed by atoms with Crippen molar-refractivity contribution >= 4 is 17.4 Å². The van der Waals surface area contributed by atoms with E-state index in [4.69, 9.17) is 4.74 Å². The normalized spacial score (nSPS) is 18.7. The summed E-state index contributed by atoms with van der Waals surface area (Å²) in [4.78, 5) is 29.1. The summed E-state index contributed by atoms with van der Waals surface area (Å²) in [6, 6.07) is 15.4. The molecule has 28 heavy (non-hydrogen) atoms. The summed E-state index contributed by atoms with van der Waals surface area (Å²) >= 11 is 0. The van der Waals surface area contributed by atoms with E-state index in [1.54, 1.807) is 43.5 Å². The van der Waals surface area contributed by atoms with E-state index in [1.807, 2.05) is 37.2 Å². The number of Topliss-reactive ketones (excluding diaryl/α,β-unsaturated/α-hetero) is 1. The van der Waals surface area contributed by atoms with Gasteiger partial charge in [0, 0.05) is 18.7 Å². The van der Waals surface area contributed by atoms with Crippen molar-refractivity contribution in [2.45, 2.75) is 6.04 Å². The van der Waals surface area contributed by atoms with Gasteiger partial charge in [-0.15, -0.1) is 0 Å². The first-order valence-electron chi connectivity index (χ1n) is 9.06. The second kappa shape index (κ2) is 8.27. The molecule has 1 heterocycles. The molecule has 1 saturated heterocycles. The van der Waals surface area contributed by atoms with Crippen LogP contribution in [0.15, 0.2) is 60.2 Å². The van der Waals surface area contributed by atoms with Crippen LogP contribution in [0, 0.1) is 0 Å². The smallest absolute Gasteiger partial charge is 0.295 e. The van der Waals surface area contributed by atoms with Crippen LogP contribution >= 0.6 is 0 Å². The van der Waals surface area contributed by atoms with Crippen molar-refractivity contribution in [3.05, 3.63) is 71.3 Å². The van der Waals surface area contributed by atoms with Crippen LogP contribution in [0.25, 0.3) is 5.76 Å². The van der Waals surface area contributed by atoms with Gasteiger partial charge in [-0.1, -0.05) is 42.5 Å². The Bertz CT molecular complexity index is 889. The van der Waals surface area contributed by atoms with Gasteiger partial charge in [-0.2, -0.15) is 0 Å². The summed E-state index contributed by atoms with van der Waals surface area (Å²) in [5.74, 6) is -0.745. The lowest BCUT2D eigenvalue weighted by molar-refractivity contribution is -0.140. The predicted molar refractivity (Wildman–Crippen MR) is 107 cm³/mol. The Hall–Kier alpha value is -3.12. The zero-order chi connectivity index (χ0) is 20.3. The van der Waals surface area contributed by atoms with Gasteiger partial charge in [-0.05, 0) is 31.8 Å². The summed E-state index contributed by atoms with van der Waals surface area (Å²) in [5.41, 5.74) is 1.36. The largest absolute Gasteiger partial charge is 0.507 e. The van der Waals surface area contributed by atoms with E-state index in [2.05, 4.69) is 0 Å². The molecule has 1 atom stereocenters. The fourth-order valence-electron chi connectivity index (χ4n) is 3.30. The fraction of sp³-hybridized carbons (Fsp3) is 0.273. The van der Waals surface area contributed by atoms with Crippen molar-refractivity contribution < 1.29 is 19.4 Å². The summed E-state index contributed by atoms with van der Waals surface area (Å²) in [6.07, 6.45) is 0. The maximum Gasteiger partial charge on any atom is 0.295 e. The van der Waals surface area contributed by atoms with Crippen molar-refractivity contribution in [3.8, 4) is 5.75 Å². The lowest BCUT2D eigenvalue weighted by Gasteiger charge is -2.26. The highest BCUT2D eigenvalue weighted by atomic mass is 16.5. The number of aliphatic hydroxyl groups is 1. The Balaban J connectivity index is 2.12. The molecule has 0 saturated carbocycles. The van der Waals surface area contributed by atoms with Gasteiger partial charge in [0.25, 0.3) is 11.7 Å². The summed E-state index contributed by atoms with van der Waals surface area (Å²) in [7, 11) is 5.39. The van der Waals surface area contributed by atoms with Crippen molar-refractivity contribution in [1.29, 1.82) is 0 Å². The highest BCUT2D eigenvalue weighted by molar-refractivity contribution is 6.46. The van der Waals surface area contributed by atoms with Crippen molar-refractivity contribution in [1.82, 2.24) is 9.80 Å². The topological polar surface area (TPSA) is 70.1 Å². The van der Waals surface area contributed by atoms with Gasteiger partial charge in [0.1, 0.15) is 11.5 Å². The number of benzene rings is 2. The molecule has 0 aromatic heterocycles. The van der Waals surface area contributed by atoms with Crippen LogP contribution in [0.2, 0.25) is 0 Å². The standard InChI is InChI=1S/C22H24N2O4/c1-23(2)13-14-24-19(15-9-11-17(28-3)12-10-15)18(21(26)22(24)27)20(25)16-7-5-4-6-8-16/h4-12,19,25H,13-14H2,1-3H3/b20-18+/t19-/m1/s1. The van der Waals surface area contributed by atoms with Crippen LogP contribution < -0.4 is 4.74 Å². The highest BCUT2D eigenvalue weighted by Crippen LogP contribution is 2.39. The first-order valence-corrected chi connectivity index (χ1v) is 9.06. The van der Waals surface area contributed by atoms with E-state index in [1.165, 1.54) is 4.90 Å². The maximum absolute atomic E-state index is 12.8. The number of carbonyl (C=O) groups is 2. The molecule has 2 aromatic rings. The number of hydrogen-bond acceptors (Lipinski definition) is 5. The molecule has 0 radical (unpaired) electrons. The number of ketones is 1. The van der Waals surface area contributed by atoms with Crippen molar-refractivity contribution in [2.75, 3.05) is 34.3 Å². The number of carbonyl (C=O) groups excluding carboxylic acids is 2. The molecule has 1 aliphatic heterocycles. The Morgan fingerprint density at radius 1 is 1.07 bits per heavy atom. The number of amides is 1. The number of rotatable bonds is 6. The van der Waals surface area contributed by atoms with Gasteiger partial charge < -0.3 is 19.6 Å². The summed E-state index contributed by atoms with van der Waals surface area (Å²) in [6.45, 7) is 0.977. The van der Waals surface area contributed by atoms with Crippen LogP contribution in [0.4, 0.5) is 0 Å². The molecular formula is C22H24N2O4. The van der Waals surface area contributed by atoms with E-state index < -0.39 is 17.7 Å². The average molecular weight is 380 g/mol. The van der Waals surface area contributed by atoms with Crippen LogP contribution in [0.3, 0.4) is 0 Å². The van der Waals surface area contributed by atoms with Gasteiger partial charge >= 0.3 is 0 Å². The minimum atomic E-state index is -0.666. The number of hydrogen-bond donors (Lipinski definition) is 1. The van der Waals surface area contributed by atoms with Crippen LogP contribution in [-0.4, -0.2) is 60.9 Å². The number of likely N-dealkylation sites (tertiary alicyclic amines) is 1. The van der Waals surface area contributed by atoms with Gasteiger partial charge in [0.15, 0.2) is 0 Å². The minimum Gasteiger partial charge on any atom is -0.507 e. The monoisotopic (exact) mass is 380 g/mol. The summed E-state index contributed by atoms with van der Waals surface area (Å²) in [5, 5.41) is 10.9. The zero-order valence-corrected chi connectivity index (χ0v) is 16.3. The Labute approximate surface area is 164 Å². The zero-order valence-electron chi connectivity index (χ0n) is 16.3. The number of likely N-dealkylation sites (N-methyl/N-ethyl adjacent to an activating group) is 1. The second-order valence-corrected chi connectivity index (χ2v) is 6.93. The molecule has 3 rings (SSSR count). The molecule has 1 aliphatic rings. The van der Waals surface area contributed by atoms with Gasteiger partial charge in [-0.3, -0.25) is 9.59 Å². The Kier molecular flexibility index (Phi) is 5.80. The third-order valence-electron chi connectivity index (χ3n) is 4.81. The van der Waals surface area contributed by atoms with Crippen LogP contribution in [-0.2, 0) is 9.59 Å². The number of nitrogens with zero attached hydrogens (tertiary/aromatic N) is 2. The van der Waals surface area contributed by atoms with E-state index in [9.17, 15) is 14.7 Å². The first kappa shape index (κ1) is 19.6. The molecule has 1 amide bonds. The molecule has 1 N–H and O–H groups in total. The SMILES string of the molecule is COc1ccc([C@@H]2/C(=C(\O)c3ccccc3)C(=O)C(=O)N2CCN(C)C)cc1. The predicted octanol–water partition coefficient (Wildman–Crippen LogP) is 2.68. The van der Waals surface area contributed by atoms with E-state index in [-0.39, 0.29) is 11.3 Å². The van der Waals surface area contributed by atoms with Gasteiger partial charge in [0.05, 0.1) is 18.7 Å². The average Bonchev–Trinajstić information content (AvgIpc) is 2.97. The van der Waals surface area contributed by atoms with E-state index in [0.717, 1.165) is 5.56 Å². The van der Waals surface area contributed by atoms with Crippen LogP contribution in [0.1, 0.15) is 17.2 Å². The van der Waals surface area contributed by atoms with Crippen molar-refractivity contribution in [3.63, 3.8) is 0 Å². The lowest BCUT2D eigenvalue weighted by atomic mass is 9.95. The fourth-order valence-corrected chi connectivity index (χ4v) is 3.30. The quantitative estimate of drug-likeness (QED) is 0.474. The Morgan fingerprint density at radius 2 is 1.71 bits per heavy atom. The van der Waals surface area contributed by atoms with Gasteiger partial charge in [0.2, 0.25) is 0 Å². The molecule has 6 heteroatoms. The van der Waals surface area contributed by atoms with Crippen LogP contribution in [0.5, 0.6) is 5.75 Å². The molecule has 0 bridgehead atoms. The molecule has 2 aromatic carbocycles. The summed E-state index contributed by atoms with van der Waals surface area (Å²) < 4.78 is 5.21. The molecule has 1 fully saturated rings. The molecule has 0 spiro atoms. The number of aliphatic hydroxyl groups excluding tert-OH is 1. The number of ether oxygens (including phenoxy) is 1. The molecule has 6 nitrogen and oxygen atoms in total. The first-order chi connectivity index (χ1) is 13.4. The molecule has 0 aliphatic carbocycles. The maximum atomic E-state index is 12.8. The number of methoxy groups -OCH3 is 1.